The molecular weight excluding hydrogens is 337 g/mol. The minimum absolute atomic E-state index is 0.0839. The van der Waals surface area contributed by atoms with Crippen molar-refractivity contribution in [2.45, 2.75) is 12.9 Å². The molecule has 0 fully saturated rings. The minimum Gasteiger partial charge on any atom is -0.497 e. The first kappa shape index (κ1) is 18.4. The molecule has 0 heterocycles. The van der Waals surface area contributed by atoms with E-state index in [1.807, 2.05) is 12.1 Å². The molecule has 2 rings (SSSR count). The van der Waals surface area contributed by atoms with Gasteiger partial charge in [-0.3, -0.25) is 4.79 Å². The molecule has 0 spiro atoms. The molecule has 0 saturated carbocycles. The van der Waals surface area contributed by atoms with Gasteiger partial charge in [-0.15, -0.1) is 13.2 Å². The van der Waals surface area contributed by atoms with E-state index in [2.05, 4.69) is 15.4 Å². The van der Waals surface area contributed by atoms with Crippen LogP contribution in [0.4, 0.5) is 18.9 Å². The van der Waals surface area contributed by atoms with Crippen LogP contribution in [0.2, 0.25) is 0 Å². The number of nitrogens with one attached hydrogen (secondary N) is 2. The summed E-state index contributed by atoms with van der Waals surface area (Å²) in [6.07, 6.45) is -4.76. The number of methoxy groups -OCH3 is 1. The Morgan fingerprint density at radius 2 is 1.80 bits per heavy atom. The number of anilines is 1. The summed E-state index contributed by atoms with van der Waals surface area (Å²) in [5.41, 5.74) is 1.21. The quantitative estimate of drug-likeness (QED) is 0.801. The standard InChI is InChI=1S/C17H17F3N2O3/c1-24-14-6-2-4-12(8-14)10-22-16(23)11-21-13-5-3-7-15(9-13)25-17(18,19)20/h2-9,21H,10-11H2,1H3,(H,22,23). The minimum atomic E-state index is -4.76. The molecule has 0 aliphatic heterocycles. The third kappa shape index (κ3) is 6.62. The zero-order chi connectivity index (χ0) is 18.3. The number of rotatable bonds is 7. The Morgan fingerprint density at radius 1 is 1.08 bits per heavy atom. The van der Waals surface area contributed by atoms with Gasteiger partial charge in [-0.25, -0.2) is 0 Å². The lowest BCUT2D eigenvalue weighted by Crippen LogP contribution is -2.29. The van der Waals surface area contributed by atoms with Crippen LogP contribution in [0.25, 0.3) is 0 Å². The largest absolute Gasteiger partial charge is 0.573 e. The van der Waals surface area contributed by atoms with Gasteiger partial charge in [0.25, 0.3) is 0 Å². The SMILES string of the molecule is COc1cccc(CNC(=O)CNc2cccc(OC(F)(F)F)c2)c1. The Labute approximate surface area is 142 Å². The van der Waals surface area contributed by atoms with E-state index in [9.17, 15) is 18.0 Å². The summed E-state index contributed by atoms with van der Waals surface area (Å²) in [4.78, 5) is 11.8. The molecule has 134 valence electrons. The number of alkyl halides is 3. The Kier molecular flexibility index (Phi) is 6.10. The predicted molar refractivity (Wildman–Crippen MR) is 86.5 cm³/mol. The van der Waals surface area contributed by atoms with Gasteiger partial charge < -0.3 is 20.1 Å². The molecule has 0 unspecified atom stereocenters. The monoisotopic (exact) mass is 354 g/mol. The van der Waals surface area contributed by atoms with Gasteiger partial charge in [0.15, 0.2) is 0 Å². The molecule has 0 aliphatic rings. The number of halogens is 3. The second-order valence-electron chi connectivity index (χ2n) is 5.06. The van der Waals surface area contributed by atoms with Crippen LogP contribution in [0.5, 0.6) is 11.5 Å². The predicted octanol–water partition coefficient (Wildman–Crippen LogP) is 3.32. The molecule has 1 amide bonds. The Morgan fingerprint density at radius 3 is 2.52 bits per heavy atom. The van der Waals surface area contributed by atoms with Gasteiger partial charge in [-0.2, -0.15) is 0 Å². The maximum Gasteiger partial charge on any atom is 0.573 e. The van der Waals surface area contributed by atoms with Gasteiger partial charge in [0, 0.05) is 18.3 Å². The van der Waals surface area contributed by atoms with Crippen molar-refractivity contribution in [3.05, 3.63) is 54.1 Å². The van der Waals surface area contributed by atoms with Crippen molar-refractivity contribution >= 4 is 11.6 Å². The second kappa shape index (κ2) is 8.27. The summed E-state index contributed by atoms with van der Waals surface area (Å²) >= 11 is 0. The summed E-state index contributed by atoms with van der Waals surface area (Å²) in [5, 5.41) is 5.45. The lowest BCUT2D eigenvalue weighted by molar-refractivity contribution is -0.274. The van der Waals surface area contributed by atoms with Crippen molar-refractivity contribution in [3.63, 3.8) is 0 Å². The molecule has 2 aromatic carbocycles. The van der Waals surface area contributed by atoms with Gasteiger partial charge in [-0.05, 0) is 29.8 Å². The van der Waals surface area contributed by atoms with Crippen molar-refractivity contribution in [1.29, 1.82) is 0 Å². The summed E-state index contributed by atoms with van der Waals surface area (Å²) in [7, 11) is 1.55. The summed E-state index contributed by atoms with van der Waals surface area (Å²) < 4.78 is 45.5. The highest BCUT2D eigenvalue weighted by Gasteiger charge is 2.31. The smallest absolute Gasteiger partial charge is 0.497 e. The van der Waals surface area contributed by atoms with E-state index in [1.165, 1.54) is 18.2 Å². The van der Waals surface area contributed by atoms with Crippen LogP contribution < -0.4 is 20.1 Å². The number of carbonyl (C=O) groups excluding carboxylic acids is 1. The van der Waals surface area contributed by atoms with E-state index >= 15 is 0 Å². The van der Waals surface area contributed by atoms with E-state index in [1.54, 1.807) is 25.3 Å². The molecular formula is C17H17F3N2O3. The van der Waals surface area contributed by atoms with Crippen molar-refractivity contribution in [2.24, 2.45) is 0 Å². The molecule has 0 aromatic heterocycles. The second-order valence-corrected chi connectivity index (χ2v) is 5.06. The highest BCUT2D eigenvalue weighted by atomic mass is 19.4. The van der Waals surface area contributed by atoms with Crippen molar-refractivity contribution in [3.8, 4) is 11.5 Å². The number of amides is 1. The number of hydrogen-bond donors (Lipinski definition) is 2. The van der Waals surface area contributed by atoms with E-state index < -0.39 is 6.36 Å². The summed E-state index contributed by atoms with van der Waals surface area (Å²) in [6, 6.07) is 12.5. The first-order chi connectivity index (χ1) is 11.9. The maximum absolute atomic E-state index is 12.2. The zero-order valence-corrected chi connectivity index (χ0v) is 13.4. The average Bonchev–Trinajstić information content (AvgIpc) is 2.57. The van der Waals surface area contributed by atoms with Gasteiger partial charge in [0.2, 0.25) is 5.91 Å². The van der Waals surface area contributed by atoms with E-state index in [-0.39, 0.29) is 18.2 Å². The van der Waals surface area contributed by atoms with Crippen LogP contribution in [0.15, 0.2) is 48.5 Å². The number of ether oxygens (including phenoxy) is 2. The van der Waals surface area contributed by atoms with E-state index in [0.717, 1.165) is 5.56 Å². The van der Waals surface area contributed by atoms with Crippen LogP contribution in [0.3, 0.4) is 0 Å². The summed E-state index contributed by atoms with van der Waals surface area (Å²) in [6.45, 7) is 0.231. The lowest BCUT2D eigenvalue weighted by Gasteiger charge is -2.11. The molecule has 2 N–H and O–H groups in total. The van der Waals surface area contributed by atoms with E-state index in [4.69, 9.17) is 4.74 Å². The number of hydrogen-bond acceptors (Lipinski definition) is 4. The molecule has 0 bridgehead atoms. The normalized spacial score (nSPS) is 10.9. The molecule has 0 aliphatic carbocycles. The number of carbonyl (C=O) groups is 1. The molecule has 5 nitrogen and oxygen atoms in total. The highest BCUT2D eigenvalue weighted by molar-refractivity contribution is 5.80. The van der Waals surface area contributed by atoms with Gasteiger partial charge in [-0.1, -0.05) is 18.2 Å². The molecule has 0 atom stereocenters. The first-order valence-corrected chi connectivity index (χ1v) is 7.35. The third-order valence-corrected chi connectivity index (χ3v) is 3.14. The average molecular weight is 354 g/mol. The van der Waals surface area contributed by atoms with Crippen LogP contribution in [-0.2, 0) is 11.3 Å². The lowest BCUT2D eigenvalue weighted by atomic mass is 10.2. The van der Waals surface area contributed by atoms with Crippen LogP contribution in [-0.4, -0.2) is 25.9 Å². The Hall–Kier alpha value is -2.90. The van der Waals surface area contributed by atoms with Crippen LogP contribution in [0, 0.1) is 0 Å². The fourth-order valence-corrected chi connectivity index (χ4v) is 2.03. The molecule has 0 saturated heterocycles. The maximum atomic E-state index is 12.2. The number of benzene rings is 2. The van der Waals surface area contributed by atoms with Crippen molar-refractivity contribution in [2.75, 3.05) is 19.0 Å². The van der Waals surface area contributed by atoms with Crippen molar-refractivity contribution in [1.82, 2.24) is 5.32 Å². The van der Waals surface area contributed by atoms with Gasteiger partial charge >= 0.3 is 6.36 Å². The topological polar surface area (TPSA) is 59.6 Å². The Bertz CT molecular complexity index is 720. The van der Waals surface area contributed by atoms with E-state index in [0.29, 0.717) is 18.0 Å². The van der Waals surface area contributed by atoms with Crippen LogP contribution in [0.1, 0.15) is 5.56 Å². The molecule has 2 aromatic rings. The Balaban J connectivity index is 1.82. The molecule has 25 heavy (non-hydrogen) atoms. The molecule has 8 heteroatoms. The zero-order valence-electron chi connectivity index (χ0n) is 13.4. The van der Waals surface area contributed by atoms with Gasteiger partial charge in [0.05, 0.1) is 13.7 Å². The van der Waals surface area contributed by atoms with Crippen LogP contribution >= 0.6 is 0 Å². The first-order valence-electron chi connectivity index (χ1n) is 7.35. The fraction of sp³-hybridized carbons (Fsp3) is 0.235. The highest BCUT2D eigenvalue weighted by Crippen LogP contribution is 2.24. The summed E-state index contributed by atoms with van der Waals surface area (Å²) in [5.74, 6) is 0.0330. The van der Waals surface area contributed by atoms with Gasteiger partial charge in [0.1, 0.15) is 11.5 Å². The fourth-order valence-electron chi connectivity index (χ4n) is 2.03. The van der Waals surface area contributed by atoms with Crippen molar-refractivity contribution < 1.29 is 27.4 Å². The molecule has 0 radical (unpaired) electrons. The third-order valence-electron chi connectivity index (χ3n) is 3.14.